The largest absolute Gasteiger partial charge is 0.437 e. The molecule has 0 radical (unpaired) electrons. The first-order chi connectivity index (χ1) is 18.1. The Balaban J connectivity index is 1.83. The fourth-order valence-corrected chi connectivity index (χ4v) is 6.82. The van der Waals surface area contributed by atoms with Gasteiger partial charge in [0, 0.05) is 35.6 Å². The molecule has 1 atom stereocenters. The number of unbranched alkanes of at least 4 members (excludes halogenated alkanes) is 2. The molecule has 0 bridgehead atoms. The number of nitrogens with zero attached hydrogens (tertiary/aromatic N) is 2. The van der Waals surface area contributed by atoms with Gasteiger partial charge in [-0.15, -0.1) is 0 Å². The number of halogens is 1. The van der Waals surface area contributed by atoms with Gasteiger partial charge in [0.05, 0.1) is 29.8 Å². The van der Waals surface area contributed by atoms with Gasteiger partial charge in [0.1, 0.15) is 5.76 Å². The number of thiol groups is 1. The van der Waals surface area contributed by atoms with Crippen LogP contribution in [0.2, 0.25) is 0 Å². The standard InChI is InChI=1S/C26H35IN3O6PS/c1-5-18-10-12-19(13-11-18)24-23(25(31)28-3)20-16-21(27)22(29-26(20)36-24)17-30(38(33)34)14-8-7-9-15-37(4,32)35-6-2/h10-13,16,38H,5-9,14-15,17H2,1-4H3,(H,28,31). The van der Waals surface area contributed by atoms with E-state index in [9.17, 15) is 17.8 Å². The second kappa shape index (κ2) is 14.0. The van der Waals surface area contributed by atoms with E-state index in [0.29, 0.717) is 54.6 Å². The summed E-state index contributed by atoms with van der Waals surface area (Å²) in [5.74, 6) is 0.142. The summed E-state index contributed by atoms with van der Waals surface area (Å²) in [4.78, 5) is 17.5. The number of hydrogen-bond donors (Lipinski definition) is 2. The third-order valence-corrected chi connectivity index (χ3v) is 9.90. The molecule has 38 heavy (non-hydrogen) atoms. The number of hydrogen-bond acceptors (Lipinski definition) is 7. The normalized spacial score (nSPS) is 13.3. The zero-order valence-electron chi connectivity index (χ0n) is 22.2. The molecule has 1 aromatic carbocycles. The maximum Gasteiger partial charge on any atom is 0.255 e. The smallest absolute Gasteiger partial charge is 0.255 e. The van der Waals surface area contributed by atoms with E-state index < -0.39 is 18.3 Å². The number of carbonyl (C=O) groups excluding carboxylic acids is 1. The topological polar surface area (TPSA) is 119 Å². The van der Waals surface area contributed by atoms with E-state index >= 15 is 0 Å². The van der Waals surface area contributed by atoms with E-state index in [-0.39, 0.29) is 18.2 Å². The highest BCUT2D eigenvalue weighted by Crippen LogP contribution is 2.43. The van der Waals surface area contributed by atoms with E-state index in [1.54, 1.807) is 13.7 Å². The SMILES string of the molecule is CCOP(C)(=O)CCCCCN(Cc1nc2oc(-c3ccc(CC)cc3)c(C(=O)NC)c2cc1I)[SH](=O)=O. The number of pyridine rings is 1. The van der Waals surface area contributed by atoms with Gasteiger partial charge in [0.25, 0.3) is 5.91 Å². The Kier molecular flexibility index (Phi) is 11.3. The Labute approximate surface area is 239 Å². The lowest BCUT2D eigenvalue weighted by Gasteiger charge is -2.16. The van der Waals surface area contributed by atoms with E-state index in [1.165, 1.54) is 9.87 Å². The Bertz CT molecular complexity index is 1380. The average Bonchev–Trinajstić information content (AvgIpc) is 3.25. The fraction of sp³-hybridized carbons (Fsp3) is 0.462. The van der Waals surface area contributed by atoms with Crippen LogP contribution in [0.15, 0.2) is 34.7 Å². The third-order valence-electron chi connectivity index (χ3n) is 6.23. The first-order valence-electron chi connectivity index (χ1n) is 12.6. The Morgan fingerprint density at radius 1 is 1.18 bits per heavy atom. The second-order valence-corrected chi connectivity index (χ2v) is 14.0. The number of carbonyl (C=O) groups is 1. The number of nitrogens with one attached hydrogen (secondary N) is 1. The predicted octanol–water partition coefficient (Wildman–Crippen LogP) is 5.46. The maximum absolute atomic E-state index is 12.8. The molecule has 1 unspecified atom stereocenters. The van der Waals surface area contributed by atoms with Crippen LogP contribution in [0.5, 0.6) is 0 Å². The Morgan fingerprint density at radius 2 is 1.89 bits per heavy atom. The van der Waals surface area contributed by atoms with Crippen LogP contribution in [0.3, 0.4) is 0 Å². The van der Waals surface area contributed by atoms with Crippen molar-refractivity contribution in [1.29, 1.82) is 0 Å². The zero-order valence-corrected chi connectivity index (χ0v) is 26.1. The molecular weight excluding hydrogens is 640 g/mol. The minimum atomic E-state index is -2.83. The second-order valence-electron chi connectivity index (χ2n) is 9.05. The first-order valence-corrected chi connectivity index (χ1v) is 17.1. The van der Waals surface area contributed by atoms with Gasteiger partial charge >= 0.3 is 0 Å². The Hall–Kier alpha value is -1.79. The predicted molar refractivity (Wildman–Crippen MR) is 160 cm³/mol. The summed E-state index contributed by atoms with van der Waals surface area (Å²) in [6.45, 7) is 6.36. The molecule has 0 aliphatic rings. The molecule has 0 saturated heterocycles. The van der Waals surface area contributed by atoms with Crippen molar-refractivity contribution in [3.63, 3.8) is 0 Å². The van der Waals surface area contributed by atoms with Crippen molar-refractivity contribution >= 4 is 57.9 Å². The molecule has 0 aliphatic carbocycles. The molecule has 2 heterocycles. The fourth-order valence-electron chi connectivity index (χ4n) is 4.19. The van der Waals surface area contributed by atoms with Gasteiger partial charge in [-0.1, -0.05) is 37.6 Å². The average molecular weight is 676 g/mol. The van der Waals surface area contributed by atoms with Crippen LogP contribution in [0.4, 0.5) is 0 Å². The van der Waals surface area contributed by atoms with E-state index in [4.69, 9.17) is 8.94 Å². The van der Waals surface area contributed by atoms with Crippen LogP contribution in [-0.4, -0.2) is 56.6 Å². The van der Waals surface area contributed by atoms with Crippen molar-refractivity contribution in [3.8, 4) is 11.3 Å². The molecular formula is C26H35IN3O6PS. The molecule has 12 heteroatoms. The van der Waals surface area contributed by atoms with Crippen molar-refractivity contribution in [2.75, 3.05) is 33.0 Å². The molecule has 0 spiro atoms. The maximum atomic E-state index is 12.8. The Morgan fingerprint density at radius 3 is 2.50 bits per heavy atom. The van der Waals surface area contributed by atoms with Gasteiger partial charge in [0.2, 0.25) is 16.6 Å². The summed E-state index contributed by atoms with van der Waals surface area (Å²) in [7, 11) is -3.85. The van der Waals surface area contributed by atoms with Crippen molar-refractivity contribution < 1.29 is 26.7 Å². The molecule has 1 N–H and O–H groups in total. The number of benzene rings is 1. The number of fused-ring (bicyclic) bond motifs is 1. The summed E-state index contributed by atoms with van der Waals surface area (Å²) in [5, 5.41) is 3.25. The van der Waals surface area contributed by atoms with Gasteiger partial charge in [-0.05, 0) is 60.4 Å². The van der Waals surface area contributed by atoms with Crippen molar-refractivity contribution in [1.82, 2.24) is 14.6 Å². The summed E-state index contributed by atoms with van der Waals surface area (Å²) < 4.78 is 49.7. The molecule has 0 fully saturated rings. The van der Waals surface area contributed by atoms with Gasteiger partial charge < -0.3 is 14.3 Å². The van der Waals surface area contributed by atoms with E-state index in [2.05, 4.69) is 39.8 Å². The monoisotopic (exact) mass is 675 g/mol. The highest BCUT2D eigenvalue weighted by molar-refractivity contribution is 14.1. The van der Waals surface area contributed by atoms with E-state index in [0.717, 1.165) is 22.0 Å². The molecule has 9 nitrogen and oxygen atoms in total. The summed E-state index contributed by atoms with van der Waals surface area (Å²) in [6.07, 6.45) is 3.46. The highest BCUT2D eigenvalue weighted by Gasteiger charge is 2.24. The van der Waals surface area contributed by atoms with Crippen LogP contribution in [0, 0.1) is 3.57 Å². The third kappa shape index (κ3) is 7.88. The molecule has 3 rings (SSSR count). The molecule has 0 saturated carbocycles. The van der Waals surface area contributed by atoms with Crippen LogP contribution in [0.1, 0.15) is 54.7 Å². The molecule has 1 amide bonds. The van der Waals surface area contributed by atoms with Crippen LogP contribution >= 0.6 is 30.0 Å². The lowest BCUT2D eigenvalue weighted by Crippen LogP contribution is -2.24. The summed E-state index contributed by atoms with van der Waals surface area (Å²) in [6, 6.07) is 9.66. The minimum Gasteiger partial charge on any atom is -0.437 e. The number of furan rings is 1. The van der Waals surface area contributed by atoms with Crippen molar-refractivity contribution in [3.05, 3.63) is 50.7 Å². The first kappa shape index (κ1) is 30.7. The number of aromatic nitrogens is 1. The van der Waals surface area contributed by atoms with Gasteiger partial charge in [0.15, 0.2) is 7.37 Å². The quantitative estimate of drug-likeness (QED) is 0.101. The summed E-state index contributed by atoms with van der Waals surface area (Å²) in [5.41, 5.74) is 3.17. The van der Waals surface area contributed by atoms with Gasteiger partial charge in [-0.3, -0.25) is 9.36 Å². The van der Waals surface area contributed by atoms with Crippen molar-refractivity contribution in [2.45, 2.75) is 46.1 Å². The van der Waals surface area contributed by atoms with Crippen molar-refractivity contribution in [2.24, 2.45) is 0 Å². The molecule has 3 aromatic rings. The lowest BCUT2D eigenvalue weighted by atomic mass is 10.0. The highest BCUT2D eigenvalue weighted by atomic mass is 127. The molecule has 0 aliphatic heterocycles. The van der Waals surface area contributed by atoms with Crippen LogP contribution < -0.4 is 5.32 Å². The zero-order chi connectivity index (χ0) is 27.9. The van der Waals surface area contributed by atoms with Crippen LogP contribution in [-0.2, 0) is 32.9 Å². The lowest BCUT2D eigenvalue weighted by molar-refractivity contribution is 0.0964. The number of amides is 1. The number of aryl methyl sites for hydroxylation is 1. The number of rotatable bonds is 14. The minimum absolute atomic E-state index is 0.0919. The van der Waals surface area contributed by atoms with E-state index in [1.807, 2.05) is 37.3 Å². The molecule has 208 valence electrons. The van der Waals surface area contributed by atoms with Gasteiger partial charge in [-0.2, -0.15) is 4.31 Å². The molecule has 2 aromatic heterocycles. The summed E-state index contributed by atoms with van der Waals surface area (Å²) >= 11 is 2.11. The van der Waals surface area contributed by atoms with Gasteiger partial charge in [-0.25, -0.2) is 13.4 Å². The van der Waals surface area contributed by atoms with Crippen LogP contribution in [0.25, 0.3) is 22.4 Å².